The summed E-state index contributed by atoms with van der Waals surface area (Å²) in [5, 5.41) is 3.11. The lowest BCUT2D eigenvalue weighted by Gasteiger charge is -2.34. The normalized spacial score (nSPS) is 23.4. The Hall–Kier alpha value is -1.30. The minimum Gasteiger partial charge on any atom is -0.444 e. The topological polar surface area (TPSA) is 61.9 Å². The van der Waals surface area contributed by atoms with Gasteiger partial charge in [-0.2, -0.15) is 0 Å². The molecule has 26 heavy (non-hydrogen) atoms. The van der Waals surface area contributed by atoms with Crippen LogP contribution in [0.15, 0.2) is 0 Å². The molecule has 0 aromatic carbocycles. The van der Waals surface area contributed by atoms with E-state index in [0.29, 0.717) is 25.6 Å². The molecule has 150 valence electrons. The Balaban J connectivity index is 1.73. The quantitative estimate of drug-likeness (QED) is 0.812. The standard InChI is InChI=1S/C20H37N3O3/c1-16(14-22-10-6-5-7-11-22)13-21-18(24)17-9-8-12-23(15-17)19(25)26-20(2,3)4/h16-17H,5-15H2,1-4H3,(H,21,24). The van der Waals surface area contributed by atoms with Gasteiger partial charge in [-0.15, -0.1) is 0 Å². The third-order valence-corrected chi connectivity index (χ3v) is 5.09. The van der Waals surface area contributed by atoms with Crippen LogP contribution in [0.5, 0.6) is 0 Å². The van der Waals surface area contributed by atoms with Gasteiger partial charge >= 0.3 is 6.09 Å². The van der Waals surface area contributed by atoms with Crippen LogP contribution in [-0.2, 0) is 9.53 Å². The molecule has 0 bridgehead atoms. The van der Waals surface area contributed by atoms with E-state index in [0.717, 1.165) is 19.4 Å². The van der Waals surface area contributed by atoms with Crippen molar-refractivity contribution in [1.29, 1.82) is 0 Å². The first-order valence-electron chi connectivity index (χ1n) is 10.2. The summed E-state index contributed by atoms with van der Waals surface area (Å²) in [6.07, 6.45) is 5.31. The first-order chi connectivity index (χ1) is 12.2. The molecule has 2 aliphatic rings. The van der Waals surface area contributed by atoms with Crippen molar-refractivity contribution >= 4 is 12.0 Å². The number of carbonyl (C=O) groups is 2. The Kier molecular flexibility index (Phi) is 7.74. The summed E-state index contributed by atoms with van der Waals surface area (Å²) >= 11 is 0. The predicted octanol–water partition coefficient (Wildman–Crippen LogP) is 2.87. The number of amides is 2. The Bertz CT molecular complexity index is 469. The first kappa shape index (κ1) is 21.0. The maximum atomic E-state index is 12.5. The molecule has 2 heterocycles. The van der Waals surface area contributed by atoms with E-state index in [9.17, 15) is 9.59 Å². The van der Waals surface area contributed by atoms with E-state index in [1.54, 1.807) is 4.90 Å². The van der Waals surface area contributed by atoms with Crippen LogP contribution in [0.4, 0.5) is 4.79 Å². The van der Waals surface area contributed by atoms with Crippen molar-refractivity contribution in [2.24, 2.45) is 11.8 Å². The smallest absolute Gasteiger partial charge is 0.410 e. The van der Waals surface area contributed by atoms with E-state index in [-0.39, 0.29) is 17.9 Å². The van der Waals surface area contributed by atoms with E-state index >= 15 is 0 Å². The second-order valence-corrected chi connectivity index (χ2v) is 8.98. The Morgan fingerprint density at radius 1 is 1.12 bits per heavy atom. The number of nitrogens with zero attached hydrogens (tertiary/aromatic N) is 2. The van der Waals surface area contributed by atoms with Crippen molar-refractivity contribution < 1.29 is 14.3 Å². The summed E-state index contributed by atoms with van der Waals surface area (Å²) in [5.74, 6) is 0.393. The molecular formula is C20H37N3O3. The van der Waals surface area contributed by atoms with Gasteiger partial charge in [0, 0.05) is 26.2 Å². The Morgan fingerprint density at radius 3 is 2.46 bits per heavy atom. The molecule has 0 saturated carbocycles. The number of nitrogens with one attached hydrogen (secondary N) is 1. The largest absolute Gasteiger partial charge is 0.444 e. The molecule has 2 fully saturated rings. The molecule has 0 radical (unpaired) electrons. The first-order valence-corrected chi connectivity index (χ1v) is 10.2. The molecule has 0 aromatic heterocycles. The third kappa shape index (κ3) is 7.14. The molecule has 2 rings (SSSR count). The molecule has 6 nitrogen and oxygen atoms in total. The zero-order chi connectivity index (χ0) is 19.2. The molecule has 0 aliphatic carbocycles. The van der Waals surface area contributed by atoms with Crippen LogP contribution in [0, 0.1) is 11.8 Å². The highest BCUT2D eigenvalue weighted by Crippen LogP contribution is 2.19. The number of hydrogen-bond acceptors (Lipinski definition) is 4. The van der Waals surface area contributed by atoms with Gasteiger partial charge in [-0.05, 0) is 65.5 Å². The minimum absolute atomic E-state index is 0.0729. The van der Waals surface area contributed by atoms with E-state index < -0.39 is 5.60 Å². The van der Waals surface area contributed by atoms with Crippen LogP contribution in [0.2, 0.25) is 0 Å². The van der Waals surface area contributed by atoms with Crippen molar-refractivity contribution in [1.82, 2.24) is 15.1 Å². The Morgan fingerprint density at radius 2 is 1.81 bits per heavy atom. The van der Waals surface area contributed by atoms with E-state index in [1.807, 2.05) is 20.8 Å². The molecule has 2 saturated heterocycles. The van der Waals surface area contributed by atoms with E-state index in [2.05, 4.69) is 17.1 Å². The zero-order valence-corrected chi connectivity index (χ0v) is 17.1. The number of carbonyl (C=O) groups excluding carboxylic acids is 2. The SMILES string of the molecule is CC(CNC(=O)C1CCCN(C(=O)OC(C)(C)C)C1)CN1CCCCC1. The number of rotatable bonds is 5. The maximum Gasteiger partial charge on any atom is 0.410 e. The molecule has 0 aromatic rings. The Labute approximate surface area is 158 Å². The van der Waals surface area contributed by atoms with E-state index in [1.165, 1.54) is 32.4 Å². The number of hydrogen-bond donors (Lipinski definition) is 1. The highest BCUT2D eigenvalue weighted by Gasteiger charge is 2.31. The molecule has 0 spiro atoms. The number of ether oxygens (including phenoxy) is 1. The van der Waals surface area contributed by atoms with Gasteiger partial charge < -0.3 is 19.9 Å². The van der Waals surface area contributed by atoms with Crippen LogP contribution in [-0.4, -0.2) is 66.7 Å². The fourth-order valence-corrected chi connectivity index (χ4v) is 3.75. The van der Waals surface area contributed by atoms with Gasteiger partial charge in [0.2, 0.25) is 5.91 Å². The highest BCUT2D eigenvalue weighted by atomic mass is 16.6. The van der Waals surface area contributed by atoms with Gasteiger partial charge in [0.05, 0.1) is 5.92 Å². The lowest BCUT2D eigenvalue weighted by atomic mass is 9.97. The van der Waals surface area contributed by atoms with Gasteiger partial charge in [-0.25, -0.2) is 4.79 Å². The number of piperidine rings is 2. The van der Waals surface area contributed by atoms with Crippen LogP contribution >= 0.6 is 0 Å². The zero-order valence-electron chi connectivity index (χ0n) is 17.1. The average molecular weight is 368 g/mol. The van der Waals surface area contributed by atoms with Crippen molar-refractivity contribution in [3.63, 3.8) is 0 Å². The summed E-state index contributed by atoms with van der Waals surface area (Å²) in [4.78, 5) is 29.0. The van der Waals surface area contributed by atoms with Crippen molar-refractivity contribution in [2.75, 3.05) is 39.3 Å². The molecule has 6 heteroatoms. The van der Waals surface area contributed by atoms with Gasteiger partial charge in [-0.3, -0.25) is 4.79 Å². The van der Waals surface area contributed by atoms with Crippen LogP contribution in [0.25, 0.3) is 0 Å². The van der Waals surface area contributed by atoms with Crippen LogP contribution in [0.1, 0.15) is 59.8 Å². The highest BCUT2D eigenvalue weighted by molar-refractivity contribution is 5.80. The van der Waals surface area contributed by atoms with Gasteiger partial charge in [-0.1, -0.05) is 13.3 Å². The fourth-order valence-electron chi connectivity index (χ4n) is 3.75. The van der Waals surface area contributed by atoms with Crippen molar-refractivity contribution in [2.45, 2.75) is 65.4 Å². The van der Waals surface area contributed by atoms with Crippen LogP contribution < -0.4 is 5.32 Å². The maximum absolute atomic E-state index is 12.5. The summed E-state index contributed by atoms with van der Waals surface area (Å²) < 4.78 is 5.44. The van der Waals surface area contributed by atoms with Crippen molar-refractivity contribution in [3.05, 3.63) is 0 Å². The molecule has 2 aliphatic heterocycles. The van der Waals surface area contributed by atoms with Gasteiger partial charge in [0.15, 0.2) is 0 Å². The van der Waals surface area contributed by atoms with Crippen LogP contribution in [0.3, 0.4) is 0 Å². The van der Waals surface area contributed by atoms with E-state index in [4.69, 9.17) is 4.74 Å². The molecule has 2 amide bonds. The van der Waals surface area contributed by atoms with Crippen molar-refractivity contribution in [3.8, 4) is 0 Å². The summed E-state index contributed by atoms with van der Waals surface area (Å²) in [5.41, 5.74) is -0.504. The fraction of sp³-hybridized carbons (Fsp3) is 0.900. The average Bonchev–Trinajstić information content (AvgIpc) is 2.59. The molecule has 1 N–H and O–H groups in total. The second kappa shape index (κ2) is 9.58. The predicted molar refractivity (Wildman–Crippen MR) is 103 cm³/mol. The minimum atomic E-state index is -0.504. The molecular weight excluding hydrogens is 330 g/mol. The lowest BCUT2D eigenvalue weighted by molar-refractivity contribution is -0.126. The summed E-state index contributed by atoms with van der Waals surface area (Å²) in [7, 11) is 0. The third-order valence-electron chi connectivity index (χ3n) is 5.09. The van der Waals surface area contributed by atoms with Gasteiger partial charge in [0.25, 0.3) is 0 Å². The monoisotopic (exact) mass is 367 g/mol. The summed E-state index contributed by atoms with van der Waals surface area (Å²) in [6.45, 7) is 13.0. The molecule has 2 atom stereocenters. The molecule has 2 unspecified atom stereocenters. The second-order valence-electron chi connectivity index (χ2n) is 8.98. The lowest BCUT2D eigenvalue weighted by Crippen LogP contribution is -2.47. The van der Waals surface area contributed by atoms with Gasteiger partial charge in [0.1, 0.15) is 5.60 Å². The number of likely N-dealkylation sites (tertiary alicyclic amines) is 2. The summed E-state index contributed by atoms with van der Waals surface area (Å²) in [6, 6.07) is 0.